The van der Waals surface area contributed by atoms with Crippen molar-refractivity contribution >= 4 is 40.0 Å². The second-order valence-corrected chi connectivity index (χ2v) is 10.2. The van der Waals surface area contributed by atoms with E-state index in [1.807, 2.05) is 0 Å². The third-order valence-corrected chi connectivity index (χ3v) is 7.55. The average Bonchev–Trinajstić information content (AvgIpc) is 3.34. The highest BCUT2D eigenvalue weighted by Gasteiger charge is 2.39. The number of carboxylic acids is 2. The molecule has 0 radical (unpaired) electrons. The molecule has 1 saturated heterocycles. The van der Waals surface area contributed by atoms with Gasteiger partial charge in [0.15, 0.2) is 0 Å². The first kappa shape index (κ1) is 29.9. The van der Waals surface area contributed by atoms with Crippen molar-refractivity contribution < 1.29 is 39.2 Å². The molecule has 0 bridgehead atoms. The molecule has 3 aromatic rings. The normalized spacial score (nSPS) is 17.6. The summed E-state index contributed by atoms with van der Waals surface area (Å²) in [6.07, 6.45) is 2.86. The quantitative estimate of drug-likeness (QED) is 0.298. The van der Waals surface area contributed by atoms with Crippen molar-refractivity contribution in [3.63, 3.8) is 0 Å². The Kier molecular flexibility index (Phi) is 9.19. The minimum absolute atomic E-state index is 0. The van der Waals surface area contributed by atoms with Gasteiger partial charge in [-0.1, -0.05) is 31.2 Å². The van der Waals surface area contributed by atoms with Crippen molar-refractivity contribution in [1.29, 1.82) is 0 Å². The van der Waals surface area contributed by atoms with E-state index in [-0.39, 0.29) is 13.9 Å². The number of fused-ring (bicyclic) bond motifs is 7. The van der Waals surface area contributed by atoms with E-state index in [2.05, 4.69) is 53.8 Å². The summed E-state index contributed by atoms with van der Waals surface area (Å²) in [6, 6.07) is 12.3. The van der Waals surface area contributed by atoms with Crippen LogP contribution in [0.3, 0.4) is 0 Å². The lowest BCUT2D eigenvalue weighted by Gasteiger charge is -2.33. The molecule has 3 N–H and O–H groups in total. The highest BCUT2D eigenvalue weighted by atomic mass is 16.5. The van der Waals surface area contributed by atoms with Gasteiger partial charge in [0, 0.05) is 12.6 Å². The number of hydrogen-bond acceptors (Lipinski definition) is 7. The van der Waals surface area contributed by atoms with Crippen molar-refractivity contribution in [2.75, 3.05) is 20.3 Å². The first-order valence-electron chi connectivity index (χ1n) is 12.6. The van der Waals surface area contributed by atoms with E-state index in [0.717, 1.165) is 18.3 Å². The number of carbonyl (C=O) groups is 3. The molecular weight excluding hydrogens is 502 g/mol. The monoisotopic (exact) mass is 539 g/mol. The van der Waals surface area contributed by atoms with Gasteiger partial charge in [0.1, 0.15) is 12.4 Å². The summed E-state index contributed by atoms with van der Waals surface area (Å²) in [4.78, 5) is 32.8. The van der Waals surface area contributed by atoms with Crippen molar-refractivity contribution in [2.45, 2.75) is 65.1 Å². The van der Waals surface area contributed by atoms with Crippen LogP contribution >= 0.6 is 0 Å². The standard InChI is InChI=1S/C23H25NO.C6H8O7.CH4/c1-14-6-7-17-18(9-14)19-10-15(2)23(25-3)12-21(19)22-13-24-8-4-5-16(24)11-20(17)22;7-3-13-2-6(12,5(10)11)1-4(8)9;/h6-7,9-10,12,16H,4-5,8,11,13H2,1-3H3;3,12H,1-2H2,(H,8,9)(H,10,11);1H4/t16-;;/m0../s1. The Labute approximate surface area is 227 Å². The summed E-state index contributed by atoms with van der Waals surface area (Å²) in [5.74, 6) is -2.25. The molecule has 210 valence electrons. The summed E-state index contributed by atoms with van der Waals surface area (Å²) >= 11 is 0. The number of benzene rings is 3. The van der Waals surface area contributed by atoms with Gasteiger partial charge in [-0.25, -0.2) is 4.79 Å². The molecule has 3 aromatic carbocycles. The smallest absolute Gasteiger partial charge is 0.339 e. The number of ether oxygens (including phenoxy) is 2. The van der Waals surface area contributed by atoms with Gasteiger partial charge in [0.05, 0.1) is 13.5 Å². The van der Waals surface area contributed by atoms with Gasteiger partial charge in [-0.2, -0.15) is 0 Å². The zero-order chi connectivity index (χ0) is 27.6. The fourth-order valence-electron chi connectivity index (χ4n) is 5.65. The van der Waals surface area contributed by atoms with Crippen LogP contribution in [0, 0.1) is 13.8 Å². The minimum atomic E-state index is -2.56. The van der Waals surface area contributed by atoms with Crippen LogP contribution < -0.4 is 4.74 Å². The lowest BCUT2D eigenvalue weighted by atomic mass is 9.84. The lowest BCUT2D eigenvalue weighted by molar-refractivity contribution is -0.172. The lowest BCUT2D eigenvalue weighted by Crippen LogP contribution is -2.45. The first-order chi connectivity index (χ1) is 18.1. The Bertz CT molecular complexity index is 1400. The summed E-state index contributed by atoms with van der Waals surface area (Å²) in [7, 11) is 1.78. The Morgan fingerprint density at radius 2 is 1.79 bits per heavy atom. The zero-order valence-corrected chi connectivity index (χ0v) is 21.8. The molecule has 9 heteroatoms. The number of aliphatic hydroxyl groups is 1. The van der Waals surface area contributed by atoms with Crippen molar-refractivity contribution in [3.05, 3.63) is 52.6 Å². The predicted molar refractivity (Wildman–Crippen MR) is 148 cm³/mol. The maximum Gasteiger partial charge on any atom is 0.339 e. The number of carbonyl (C=O) groups excluding carboxylic acids is 1. The minimum Gasteiger partial charge on any atom is -0.496 e. The Morgan fingerprint density at radius 1 is 1.08 bits per heavy atom. The molecule has 0 aliphatic carbocycles. The summed E-state index contributed by atoms with van der Waals surface area (Å²) in [5.41, 5.74) is 3.10. The van der Waals surface area contributed by atoms with Crippen molar-refractivity contribution in [2.24, 2.45) is 0 Å². The molecule has 1 fully saturated rings. The topological polar surface area (TPSA) is 134 Å². The second-order valence-electron chi connectivity index (χ2n) is 10.2. The number of rotatable bonds is 7. The SMILES string of the molecule is C.COc1cc2c3c(c4ccc(C)cc4c2cc1C)C[C@@H]1CCCN1C3.O=COCC(O)(CC(=O)O)C(=O)O. The highest BCUT2D eigenvalue weighted by Crippen LogP contribution is 2.42. The summed E-state index contributed by atoms with van der Waals surface area (Å²) < 4.78 is 9.64. The maximum atomic E-state index is 10.4. The van der Waals surface area contributed by atoms with Crippen LogP contribution in [0.15, 0.2) is 30.3 Å². The molecular formula is C30H37NO8. The van der Waals surface area contributed by atoms with Crippen molar-refractivity contribution in [1.82, 2.24) is 4.90 Å². The van der Waals surface area contributed by atoms with Gasteiger partial charge in [0.2, 0.25) is 5.60 Å². The fraction of sp³-hybridized carbons (Fsp3) is 0.433. The van der Waals surface area contributed by atoms with Gasteiger partial charge in [-0.05, 0) is 90.0 Å². The molecule has 2 atom stereocenters. The Morgan fingerprint density at radius 3 is 2.44 bits per heavy atom. The molecule has 0 saturated carbocycles. The zero-order valence-electron chi connectivity index (χ0n) is 21.8. The van der Waals surface area contributed by atoms with Crippen LogP contribution in [0.25, 0.3) is 21.5 Å². The number of aliphatic carboxylic acids is 2. The highest BCUT2D eigenvalue weighted by molar-refractivity contribution is 6.11. The van der Waals surface area contributed by atoms with Crippen LogP contribution in [-0.2, 0) is 32.1 Å². The van der Waals surface area contributed by atoms with Gasteiger partial charge < -0.3 is 24.8 Å². The second kappa shape index (κ2) is 12.0. The summed E-state index contributed by atoms with van der Waals surface area (Å²) in [5, 5.41) is 31.4. The van der Waals surface area contributed by atoms with E-state index in [4.69, 9.17) is 20.1 Å². The van der Waals surface area contributed by atoms with Gasteiger partial charge in [-0.15, -0.1) is 0 Å². The molecule has 2 aliphatic heterocycles. The van der Waals surface area contributed by atoms with E-state index in [1.165, 1.54) is 64.0 Å². The fourth-order valence-corrected chi connectivity index (χ4v) is 5.65. The molecule has 1 unspecified atom stereocenters. The molecule has 0 spiro atoms. The van der Waals surface area contributed by atoms with Crippen molar-refractivity contribution in [3.8, 4) is 5.75 Å². The number of nitrogens with zero attached hydrogens (tertiary/aromatic N) is 1. The van der Waals surface area contributed by atoms with E-state index >= 15 is 0 Å². The molecule has 2 heterocycles. The third kappa shape index (κ3) is 5.99. The molecule has 0 amide bonds. The largest absolute Gasteiger partial charge is 0.496 e. The number of hydrogen-bond donors (Lipinski definition) is 3. The third-order valence-electron chi connectivity index (χ3n) is 7.55. The Hall–Kier alpha value is -3.69. The van der Waals surface area contributed by atoms with Gasteiger partial charge >= 0.3 is 11.9 Å². The molecule has 0 aromatic heterocycles. The molecule has 2 aliphatic rings. The number of aryl methyl sites for hydroxylation is 2. The molecule has 5 rings (SSSR count). The van der Waals surface area contributed by atoms with Crippen LogP contribution in [0.1, 0.15) is 48.9 Å². The van der Waals surface area contributed by atoms with Gasteiger partial charge in [-0.3, -0.25) is 14.5 Å². The molecule has 9 nitrogen and oxygen atoms in total. The van der Waals surface area contributed by atoms with Crippen LogP contribution in [0.4, 0.5) is 0 Å². The van der Waals surface area contributed by atoms with Crippen LogP contribution in [0.5, 0.6) is 5.75 Å². The first-order valence-corrected chi connectivity index (χ1v) is 12.6. The predicted octanol–water partition coefficient (Wildman–Crippen LogP) is 4.22. The van der Waals surface area contributed by atoms with Gasteiger partial charge in [0.25, 0.3) is 6.47 Å². The average molecular weight is 540 g/mol. The summed E-state index contributed by atoms with van der Waals surface area (Å²) in [6.45, 7) is 5.72. The van der Waals surface area contributed by atoms with E-state index < -0.39 is 30.6 Å². The van der Waals surface area contributed by atoms with Crippen LogP contribution in [0.2, 0.25) is 0 Å². The number of methoxy groups -OCH3 is 1. The van der Waals surface area contributed by atoms with Crippen LogP contribution in [-0.4, -0.2) is 70.5 Å². The van der Waals surface area contributed by atoms with E-state index in [1.54, 1.807) is 12.7 Å². The Balaban J connectivity index is 0.000000260. The maximum absolute atomic E-state index is 10.4. The number of carboxylic acid groups (broad SMARTS) is 2. The molecule has 39 heavy (non-hydrogen) atoms. The van der Waals surface area contributed by atoms with E-state index in [9.17, 15) is 14.4 Å². The van der Waals surface area contributed by atoms with E-state index in [0.29, 0.717) is 0 Å².